The molecule has 0 aliphatic carbocycles. The molecule has 4 aromatic rings. The number of fused-ring (bicyclic) bond motifs is 2. The van der Waals surface area contributed by atoms with E-state index in [9.17, 15) is 4.79 Å². The molecule has 0 unspecified atom stereocenters. The quantitative estimate of drug-likeness (QED) is 0.498. The van der Waals surface area contributed by atoms with Crippen LogP contribution in [-0.4, -0.2) is 23.0 Å². The fourth-order valence-corrected chi connectivity index (χ4v) is 4.68. The fourth-order valence-electron chi connectivity index (χ4n) is 2.92. The first-order valence-electron chi connectivity index (χ1n) is 7.85. The molecule has 4 rings (SSSR count). The number of methoxy groups -OCH3 is 1. The summed E-state index contributed by atoms with van der Waals surface area (Å²) in [5, 5.41) is 0.877. The first kappa shape index (κ1) is 16.7. The van der Waals surface area contributed by atoms with Gasteiger partial charge in [0.2, 0.25) is 0 Å². The van der Waals surface area contributed by atoms with E-state index < -0.39 is 0 Å². The zero-order chi connectivity index (χ0) is 18.3. The minimum absolute atomic E-state index is 0.142. The van der Waals surface area contributed by atoms with Crippen LogP contribution in [0, 0.1) is 6.92 Å². The highest BCUT2D eigenvalue weighted by Gasteiger charge is 2.23. The Kier molecular flexibility index (Phi) is 4.18. The molecule has 3 heterocycles. The number of pyridine rings is 1. The van der Waals surface area contributed by atoms with E-state index in [2.05, 4.69) is 16.5 Å². The van der Waals surface area contributed by atoms with Crippen LogP contribution in [0.3, 0.4) is 0 Å². The molecule has 130 valence electrons. The molecule has 0 fully saturated rings. The summed E-state index contributed by atoms with van der Waals surface area (Å²) in [6.07, 6.45) is 3.22. The summed E-state index contributed by atoms with van der Waals surface area (Å²) in [4.78, 5) is 24.9. The maximum Gasteiger partial charge on any atom is 0.272 e. The van der Waals surface area contributed by atoms with E-state index in [0.717, 1.165) is 37.4 Å². The van der Waals surface area contributed by atoms with Crippen LogP contribution in [0.15, 0.2) is 48.8 Å². The lowest BCUT2D eigenvalue weighted by atomic mass is 10.1. The van der Waals surface area contributed by atoms with Crippen molar-refractivity contribution in [3.8, 4) is 5.75 Å². The van der Waals surface area contributed by atoms with E-state index in [4.69, 9.17) is 4.74 Å². The molecule has 5 nitrogen and oxygen atoms in total. The zero-order valence-electron chi connectivity index (χ0n) is 14.2. The summed E-state index contributed by atoms with van der Waals surface area (Å²) in [6.45, 7) is 5.74. The minimum Gasteiger partial charge on any atom is -0.496 e. The van der Waals surface area contributed by atoms with Gasteiger partial charge in [-0.05, 0) is 36.8 Å². The Balaban J connectivity index is 1.81. The highest BCUT2D eigenvalue weighted by Crippen LogP contribution is 2.37. The second kappa shape index (κ2) is 6.51. The van der Waals surface area contributed by atoms with Crippen LogP contribution in [0.2, 0.25) is 0 Å². The average Bonchev–Trinajstić information content (AvgIpc) is 3.26. The minimum atomic E-state index is -0.142. The van der Waals surface area contributed by atoms with Crippen molar-refractivity contribution in [1.82, 2.24) is 9.97 Å². The van der Waals surface area contributed by atoms with Crippen molar-refractivity contribution < 1.29 is 9.53 Å². The Morgan fingerprint density at radius 2 is 2.15 bits per heavy atom. The van der Waals surface area contributed by atoms with Gasteiger partial charge < -0.3 is 4.74 Å². The van der Waals surface area contributed by atoms with Crippen molar-refractivity contribution in [2.75, 3.05) is 12.0 Å². The third-order valence-corrected chi connectivity index (χ3v) is 6.20. The summed E-state index contributed by atoms with van der Waals surface area (Å²) in [5.41, 5.74) is 4.26. The van der Waals surface area contributed by atoms with Crippen LogP contribution in [0.25, 0.3) is 20.4 Å². The number of amides is 1. The van der Waals surface area contributed by atoms with Gasteiger partial charge in [-0.1, -0.05) is 6.58 Å². The lowest BCUT2D eigenvalue weighted by Crippen LogP contribution is -2.24. The average molecular weight is 381 g/mol. The van der Waals surface area contributed by atoms with Crippen molar-refractivity contribution >= 4 is 54.7 Å². The Labute approximate surface area is 158 Å². The number of benzene rings is 1. The van der Waals surface area contributed by atoms with E-state index in [1.807, 2.05) is 25.1 Å². The molecule has 26 heavy (non-hydrogen) atoms. The van der Waals surface area contributed by atoms with Gasteiger partial charge in [0.1, 0.15) is 10.6 Å². The topological polar surface area (TPSA) is 55.3 Å². The predicted octanol–water partition coefficient (Wildman–Crippen LogP) is 5.01. The summed E-state index contributed by atoms with van der Waals surface area (Å²) in [7, 11) is 1.62. The van der Waals surface area contributed by atoms with Gasteiger partial charge in [0.15, 0.2) is 0 Å². The number of nitrogens with zero attached hydrogens (tertiary/aromatic N) is 3. The number of hydrogen-bond acceptors (Lipinski definition) is 6. The number of hydrogen-bond donors (Lipinski definition) is 0. The molecule has 1 amide bonds. The van der Waals surface area contributed by atoms with Gasteiger partial charge in [0.05, 0.1) is 38.8 Å². The van der Waals surface area contributed by atoms with E-state index >= 15 is 0 Å². The number of aryl methyl sites for hydroxylation is 1. The van der Waals surface area contributed by atoms with Crippen molar-refractivity contribution in [3.63, 3.8) is 0 Å². The molecular weight excluding hydrogens is 366 g/mol. The van der Waals surface area contributed by atoms with Crippen LogP contribution in [0.1, 0.15) is 15.2 Å². The third kappa shape index (κ3) is 2.56. The van der Waals surface area contributed by atoms with Crippen molar-refractivity contribution in [2.45, 2.75) is 6.92 Å². The molecule has 0 saturated carbocycles. The highest BCUT2D eigenvalue weighted by atomic mass is 32.1. The van der Waals surface area contributed by atoms with E-state index in [0.29, 0.717) is 4.88 Å². The molecule has 7 heteroatoms. The first-order chi connectivity index (χ1) is 12.6. The second-order valence-corrected chi connectivity index (χ2v) is 7.50. The molecular formula is C19H15N3O2S2. The lowest BCUT2D eigenvalue weighted by molar-refractivity contribution is 0.100. The Hall–Kier alpha value is -2.77. The van der Waals surface area contributed by atoms with Gasteiger partial charge in [-0.3, -0.25) is 9.69 Å². The lowest BCUT2D eigenvalue weighted by Gasteiger charge is -2.17. The SMILES string of the molecule is C=CN(C(=O)c1sc2nccc(OC)c2c1C)c1ccc2scnc2c1. The highest BCUT2D eigenvalue weighted by molar-refractivity contribution is 7.20. The molecule has 0 radical (unpaired) electrons. The Morgan fingerprint density at radius 1 is 1.31 bits per heavy atom. The third-order valence-electron chi connectivity index (χ3n) is 4.20. The number of anilines is 1. The first-order valence-corrected chi connectivity index (χ1v) is 9.55. The number of rotatable bonds is 4. The predicted molar refractivity (Wildman–Crippen MR) is 108 cm³/mol. The number of thiazole rings is 1. The summed E-state index contributed by atoms with van der Waals surface area (Å²) in [6, 6.07) is 7.57. The van der Waals surface area contributed by atoms with Crippen molar-refractivity contribution in [2.24, 2.45) is 0 Å². The van der Waals surface area contributed by atoms with Gasteiger partial charge in [-0.15, -0.1) is 22.7 Å². The number of carbonyl (C=O) groups excluding carboxylic acids is 1. The largest absolute Gasteiger partial charge is 0.496 e. The molecule has 0 bridgehead atoms. The number of carbonyl (C=O) groups is 1. The van der Waals surface area contributed by atoms with Crippen LogP contribution in [0.5, 0.6) is 5.75 Å². The second-order valence-electron chi connectivity index (χ2n) is 5.61. The molecule has 0 atom stereocenters. The van der Waals surface area contributed by atoms with Crippen molar-refractivity contribution in [1.29, 1.82) is 0 Å². The van der Waals surface area contributed by atoms with Gasteiger partial charge in [-0.25, -0.2) is 9.97 Å². The molecule has 0 aliphatic heterocycles. The van der Waals surface area contributed by atoms with E-state index in [-0.39, 0.29) is 5.91 Å². The number of ether oxygens (including phenoxy) is 1. The summed E-state index contributed by atoms with van der Waals surface area (Å²) < 4.78 is 6.51. The van der Waals surface area contributed by atoms with Crippen LogP contribution >= 0.6 is 22.7 Å². The maximum atomic E-state index is 13.2. The number of thiophene rings is 1. The molecule has 1 aromatic carbocycles. The van der Waals surface area contributed by atoms with Crippen molar-refractivity contribution in [3.05, 3.63) is 59.2 Å². The van der Waals surface area contributed by atoms with Gasteiger partial charge in [0, 0.05) is 12.4 Å². The molecule has 0 N–H and O–H groups in total. The van der Waals surface area contributed by atoms with E-state index in [1.54, 1.807) is 41.1 Å². The van der Waals surface area contributed by atoms with Gasteiger partial charge in [0.25, 0.3) is 5.91 Å². The monoisotopic (exact) mass is 381 g/mol. The Bertz CT molecular complexity index is 1150. The van der Waals surface area contributed by atoms with Gasteiger partial charge >= 0.3 is 0 Å². The smallest absolute Gasteiger partial charge is 0.272 e. The maximum absolute atomic E-state index is 13.2. The molecule has 0 spiro atoms. The summed E-state index contributed by atoms with van der Waals surface area (Å²) >= 11 is 2.93. The molecule has 0 aliphatic rings. The van der Waals surface area contributed by atoms with Gasteiger partial charge in [-0.2, -0.15) is 0 Å². The Morgan fingerprint density at radius 3 is 2.92 bits per heavy atom. The van der Waals surface area contributed by atoms with E-state index in [1.165, 1.54) is 17.5 Å². The number of aromatic nitrogens is 2. The van der Waals surface area contributed by atoms with Crippen LogP contribution < -0.4 is 9.64 Å². The van der Waals surface area contributed by atoms with Crippen LogP contribution in [0.4, 0.5) is 5.69 Å². The molecule has 0 saturated heterocycles. The fraction of sp³-hybridized carbons (Fsp3) is 0.105. The van der Waals surface area contributed by atoms with Crippen LogP contribution in [-0.2, 0) is 0 Å². The normalized spacial score (nSPS) is 11.0. The molecule has 3 aromatic heterocycles. The summed E-state index contributed by atoms with van der Waals surface area (Å²) in [5.74, 6) is 0.578. The standard InChI is InChI=1S/C19H15N3O2S2/c1-4-22(12-5-6-15-13(9-12)21-10-25-15)19(23)17-11(2)16-14(24-3)7-8-20-18(16)26-17/h4-10H,1H2,2-3H3. The zero-order valence-corrected chi connectivity index (χ0v) is 15.9.